The average Bonchev–Trinajstić information content (AvgIpc) is 3.16. The minimum absolute atomic E-state index is 0.128. The number of nitrogens with zero attached hydrogens (tertiary/aromatic N) is 1. The summed E-state index contributed by atoms with van der Waals surface area (Å²) in [5.74, 6) is 1.09. The van der Waals surface area contributed by atoms with Gasteiger partial charge < -0.3 is 14.8 Å². The molecule has 0 fully saturated rings. The van der Waals surface area contributed by atoms with E-state index in [1.807, 2.05) is 6.07 Å². The molecule has 0 atom stereocenters. The smallest absolute Gasteiger partial charge is 0.231 e. The molecule has 1 N–H and O–H groups in total. The predicted molar refractivity (Wildman–Crippen MR) is 97.6 cm³/mol. The standard InChI is InChI=1S/C17H14N2O5S2/c1-26(21,22)11-4-2-10(3-5-11)6-16(20)19-17-18-12-7-13-14(24-9-23-13)8-15(12)25-17/h2-5,7-8H,6,9H2,1H3,(H,18,19,20). The summed E-state index contributed by atoms with van der Waals surface area (Å²) in [5.41, 5.74) is 1.45. The number of aromatic nitrogens is 1. The monoisotopic (exact) mass is 390 g/mol. The summed E-state index contributed by atoms with van der Waals surface area (Å²) >= 11 is 1.35. The second-order valence-electron chi connectivity index (χ2n) is 5.83. The Hall–Kier alpha value is -2.65. The molecule has 2 heterocycles. The van der Waals surface area contributed by atoms with Gasteiger partial charge in [0.25, 0.3) is 0 Å². The second-order valence-corrected chi connectivity index (χ2v) is 8.88. The maximum atomic E-state index is 12.2. The summed E-state index contributed by atoms with van der Waals surface area (Å²) in [5, 5.41) is 3.26. The van der Waals surface area contributed by atoms with E-state index in [4.69, 9.17) is 9.47 Å². The number of amides is 1. The lowest BCUT2D eigenvalue weighted by molar-refractivity contribution is -0.115. The number of carbonyl (C=O) groups is 1. The molecule has 9 heteroatoms. The van der Waals surface area contributed by atoms with E-state index in [1.165, 1.54) is 23.5 Å². The van der Waals surface area contributed by atoms with Crippen molar-refractivity contribution in [3.63, 3.8) is 0 Å². The molecule has 0 saturated carbocycles. The number of ether oxygens (including phenoxy) is 2. The van der Waals surface area contributed by atoms with Crippen LogP contribution in [-0.2, 0) is 21.1 Å². The van der Waals surface area contributed by atoms with Crippen LogP contribution in [0.3, 0.4) is 0 Å². The third-order valence-electron chi connectivity index (χ3n) is 3.85. The number of anilines is 1. The number of fused-ring (bicyclic) bond motifs is 2. The van der Waals surface area contributed by atoms with Gasteiger partial charge >= 0.3 is 0 Å². The lowest BCUT2D eigenvalue weighted by atomic mass is 10.1. The first kappa shape index (κ1) is 16.8. The molecule has 4 rings (SSSR count). The fraction of sp³-hybridized carbons (Fsp3) is 0.176. The van der Waals surface area contributed by atoms with Crippen LogP contribution in [0.15, 0.2) is 41.3 Å². The Morgan fingerprint density at radius 3 is 2.58 bits per heavy atom. The van der Waals surface area contributed by atoms with Crippen molar-refractivity contribution in [3.8, 4) is 11.5 Å². The van der Waals surface area contributed by atoms with E-state index in [0.29, 0.717) is 16.6 Å². The van der Waals surface area contributed by atoms with E-state index < -0.39 is 9.84 Å². The Kier molecular flexibility index (Phi) is 4.04. The molecule has 1 amide bonds. The van der Waals surface area contributed by atoms with E-state index in [9.17, 15) is 13.2 Å². The topological polar surface area (TPSA) is 94.6 Å². The van der Waals surface area contributed by atoms with Crippen molar-refractivity contribution in [1.82, 2.24) is 4.98 Å². The molecule has 0 spiro atoms. The summed E-state index contributed by atoms with van der Waals surface area (Å²) in [6, 6.07) is 9.89. The van der Waals surface area contributed by atoms with Gasteiger partial charge in [-0.25, -0.2) is 13.4 Å². The molecular formula is C17H14N2O5S2. The van der Waals surface area contributed by atoms with Crippen molar-refractivity contribution in [3.05, 3.63) is 42.0 Å². The van der Waals surface area contributed by atoms with Crippen LogP contribution in [0.2, 0.25) is 0 Å². The number of thiazole rings is 1. The number of sulfone groups is 1. The van der Waals surface area contributed by atoms with Gasteiger partial charge in [-0.05, 0) is 17.7 Å². The van der Waals surface area contributed by atoms with E-state index in [1.54, 1.807) is 18.2 Å². The van der Waals surface area contributed by atoms with Gasteiger partial charge in [0.15, 0.2) is 26.5 Å². The Balaban J connectivity index is 1.47. The van der Waals surface area contributed by atoms with Crippen molar-refractivity contribution in [2.75, 3.05) is 18.4 Å². The molecule has 1 aliphatic rings. The highest BCUT2D eigenvalue weighted by atomic mass is 32.2. The molecule has 134 valence electrons. The Morgan fingerprint density at radius 2 is 1.88 bits per heavy atom. The molecule has 7 nitrogen and oxygen atoms in total. The highest BCUT2D eigenvalue weighted by Gasteiger charge is 2.17. The Labute approximate surface area is 153 Å². The van der Waals surface area contributed by atoms with Crippen LogP contribution < -0.4 is 14.8 Å². The average molecular weight is 390 g/mol. The van der Waals surface area contributed by atoms with Crippen molar-refractivity contribution < 1.29 is 22.7 Å². The number of rotatable bonds is 4. The molecule has 0 unspecified atom stereocenters. The van der Waals surface area contributed by atoms with E-state index in [0.717, 1.165) is 22.0 Å². The fourth-order valence-corrected chi connectivity index (χ4v) is 4.10. The van der Waals surface area contributed by atoms with Crippen LogP contribution in [0.25, 0.3) is 10.2 Å². The number of benzene rings is 2. The number of carbonyl (C=O) groups excluding carboxylic acids is 1. The molecule has 1 aliphatic heterocycles. The summed E-state index contributed by atoms with van der Waals surface area (Å²) in [6.45, 7) is 0.203. The van der Waals surface area contributed by atoms with Crippen molar-refractivity contribution >= 4 is 42.4 Å². The molecule has 2 aromatic carbocycles. The normalized spacial score (nSPS) is 13.1. The van der Waals surface area contributed by atoms with E-state index in [-0.39, 0.29) is 24.0 Å². The number of hydrogen-bond acceptors (Lipinski definition) is 7. The van der Waals surface area contributed by atoms with Gasteiger partial charge in [-0.1, -0.05) is 23.5 Å². The molecule has 26 heavy (non-hydrogen) atoms. The summed E-state index contributed by atoms with van der Waals surface area (Å²) in [7, 11) is -3.25. The quantitative estimate of drug-likeness (QED) is 0.736. The highest BCUT2D eigenvalue weighted by molar-refractivity contribution is 7.90. The zero-order valence-electron chi connectivity index (χ0n) is 13.7. The molecule has 3 aromatic rings. The summed E-state index contributed by atoms with van der Waals surface area (Å²) in [6.07, 6.45) is 1.27. The zero-order chi connectivity index (χ0) is 18.3. The molecule has 0 radical (unpaired) electrons. The SMILES string of the molecule is CS(=O)(=O)c1ccc(CC(=O)Nc2nc3cc4c(cc3s2)OCO4)cc1. The number of hydrogen-bond donors (Lipinski definition) is 1. The minimum atomic E-state index is -3.25. The maximum Gasteiger partial charge on any atom is 0.231 e. The van der Waals surface area contributed by atoms with Crippen LogP contribution in [0.1, 0.15) is 5.56 Å². The largest absolute Gasteiger partial charge is 0.454 e. The summed E-state index contributed by atoms with van der Waals surface area (Å²) in [4.78, 5) is 16.8. The van der Waals surface area contributed by atoms with Gasteiger partial charge in [-0.2, -0.15) is 0 Å². The zero-order valence-corrected chi connectivity index (χ0v) is 15.3. The second kappa shape index (κ2) is 6.26. The van der Waals surface area contributed by atoms with Gasteiger partial charge in [0.05, 0.1) is 21.5 Å². The molecule has 0 aliphatic carbocycles. The van der Waals surface area contributed by atoms with E-state index in [2.05, 4.69) is 10.3 Å². The van der Waals surface area contributed by atoms with Crippen molar-refractivity contribution in [1.29, 1.82) is 0 Å². The van der Waals surface area contributed by atoms with Gasteiger partial charge in [-0.3, -0.25) is 4.79 Å². The lowest BCUT2D eigenvalue weighted by Crippen LogP contribution is -2.14. The molecular weight excluding hydrogens is 376 g/mol. The predicted octanol–water partition coefficient (Wildman–Crippen LogP) is 2.61. The first-order valence-corrected chi connectivity index (χ1v) is 10.4. The maximum absolute atomic E-state index is 12.2. The van der Waals surface area contributed by atoms with Gasteiger partial charge in [0, 0.05) is 18.4 Å². The van der Waals surface area contributed by atoms with Crippen LogP contribution in [0, 0.1) is 0 Å². The lowest BCUT2D eigenvalue weighted by Gasteiger charge is -2.03. The molecule has 1 aromatic heterocycles. The Morgan fingerprint density at radius 1 is 1.19 bits per heavy atom. The van der Waals surface area contributed by atoms with Crippen LogP contribution in [-0.4, -0.2) is 32.4 Å². The van der Waals surface area contributed by atoms with Crippen LogP contribution in [0.4, 0.5) is 5.13 Å². The van der Waals surface area contributed by atoms with Crippen molar-refractivity contribution in [2.24, 2.45) is 0 Å². The third kappa shape index (κ3) is 3.35. The third-order valence-corrected chi connectivity index (χ3v) is 5.91. The minimum Gasteiger partial charge on any atom is -0.454 e. The van der Waals surface area contributed by atoms with Crippen LogP contribution >= 0.6 is 11.3 Å². The number of nitrogens with one attached hydrogen (secondary N) is 1. The van der Waals surface area contributed by atoms with Gasteiger partial charge in [-0.15, -0.1) is 0 Å². The first-order valence-electron chi connectivity index (χ1n) is 7.67. The van der Waals surface area contributed by atoms with Gasteiger partial charge in [0.1, 0.15) is 0 Å². The highest BCUT2D eigenvalue weighted by Crippen LogP contribution is 2.38. The van der Waals surface area contributed by atoms with Crippen molar-refractivity contribution in [2.45, 2.75) is 11.3 Å². The van der Waals surface area contributed by atoms with Gasteiger partial charge in [0.2, 0.25) is 12.7 Å². The van der Waals surface area contributed by atoms with Crippen LogP contribution in [0.5, 0.6) is 11.5 Å². The molecule has 0 bridgehead atoms. The van der Waals surface area contributed by atoms with E-state index >= 15 is 0 Å². The molecule has 0 saturated heterocycles. The summed E-state index contributed by atoms with van der Waals surface area (Å²) < 4.78 is 34.5. The first-order chi connectivity index (χ1) is 12.4. The fourth-order valence-electron chi connectivity index (χ4n) is 2.57. The Bertz CT molecular complexity index is 1060.